The van der Waals surface area contributed by atoms with Crippen LogP contribution in [0.2, 0.25) is 0 Å². The van der Waals surface area contributed by atoms with Crippen LogP contribution in [0.25, 0.3) is 0 Å². The van der Waals surface area contributed by atoms with Gasteiger partial charge in [0.2, 0.25) is 5.91 Å². The first-order valence-electron chi connectivity index (χ1n) is 8.63. The molecule has 1 heterocycles. The number of rotatable bonds is 11. The number of Topliss-reactive ketones (excluding diaryl/α,β-unsaturated/α-hetero) is 1. The summed E-state index contributed by atoms with van der Waals surface area (Å²) >= 11 is 2.87. The lowest BCUT2D eigenvalue weighted by molar-refractivity contribution is -0.120. The number of nitrogens with one attached hydrogen (secondary N) is 1. The molecule has 1 aromatic heterocycles. The summed E-state index contributed by atoms with van der Waals surface area (Å²) in [7, 11) is 1.60. The molecule has 0 saturated carbocycles. The van der Waals surface area contributed by atoms with Crippen molar-refractivity contribution in [3.63, 3.8) is 0 Å². The van der Waals surface area contributed by atoms with Crippen molar-refractivity contribution in [3.05, 3.63) is 40.9 Å². The number of thioether (sulfide) groups is 1. The number of methoxy groups -OCH3 is 1. The Labute approximate surface area is 162 Å². The summed E-state index contributed by atoms with van der Waals surface area (Å²) in [6.45, 7) is 2.85. The fourth-order valence-electron chi connectivity index (χ4n) is 2.25. The molecular formula is C19H24N2O3S2. The Morgan fingerprint density at radius 3 is 2.69 bits per heavy atom. The van der Waals surface area contributed by atoms with E-state index in [4.69, 9.17) is 4.74 Å². The first kappa shape index (κ1) is 20.5. The second-order valence-electron chi connectivity index (χ2n) is 5.78. The van der Waals surface area contributed by atoms with E-state index in [9.17, 15) is 9.59 Å². The largest absolute Gasteiger partial charge is 0.497 e. The van der Waals surface area contributed by atoms with Crippen LogP contribution < -0.4 is 10.1 Å². The van der Waals surface area contributed by atoms with Crippen LogP contribution >= 0.6 is 23.1 Å². The fourth-order valence-corrected chi connectivity index (χ4v) is 3.99. The normalized spacial score (nSPS) is 10.5. The Kier molecular flexibility index (Phi) is 8.64. The molecule has 0 fully saturated rings. The van der Waals surface area contributed by atoms with Gasteiger partial charge in [0.1, 0.15) is 5.75 Å². The lowest BCUT2D eigenvalue weighted by Crippen LogP contribution is -2.26. The highest BCUT2D eigenvalue weighted by atomic mass is 32.2. The van der Waals surface area contributed by atoms with Gasteiger partial charge in [-0.15, -0.1) is 11.3 Å². The summed E-state index contributed by atoms with van der Waals surface area (Å²) in [6, 6.07) is 7.08. The number of ether oxygens (including phenoxy) is 1. The molecule has 0 saturated heterocycles. The first-order chi connectivity index (χ1) is 12.6. The van der Waals surface area contributed by atoms with Crippen molar-refractivity contribution in [2.75, 3.05) is 19.4 Å². The Morgan fingerprint density at radius 1 is 1.23 bits per heavy atom. The standard InChI is InChI=1S/C19H24N2O3S2/c1-3-4-5-10-20-18(23)11-15-12-25-19(21-15)26-13-17(22)14-6-8-16(24-2)9-7-14/h6-9,12H,3-5,10-11,13H2,1-2H3,(H,20,23). The molecule has 140 valence electrons. The predicted molar refractivity (Wildman–Crippen MR) is 106 cm³/mol. The maximum Gasteiger partial charge on any atom is 0.226 e. The predicted octanol–water partition coefficient (Wildman–Crippen LogP) is 3.98. The number of carbonyl (C=O) groups excluding carboxylic acids is 2. The highest BCUT2D eigenvalue weighted by molar-refractivity contribution is 8.01. The van der Waals surface area contributed by atoms with E-state index >= 15 is 0 Å². The molecule has 2 rings (SSSR count). The van der Waals surface area contributed by atoms with Crippen LogP contribution in [0.1, 0.15) is 42.2 Å². The number of ketones is 1. The van der Waals surface area contributed by atoms with Gasteiger partial charge in [0.05, 0.1) is 25.0 Å². The van der Waals surface area contributed by atoms with Gasteiger partial charge in [-0.05, 0) is 30.7 Å². The van der Waals surface area contributed by atoms with Crippen molar-refractivity contribution in [1.29, 1.82) is 0 Å². The maximum atomic E-state index is 12.2. The van der Waals surface area contributed by atoms with Crippen molar-refractivity contribution in [2.24, 2.45) is 0 Å². The number of aromatic nitrogens is 1. The third kappa shape index (κ3) is 6.80. The molecule has 0 spiro atoms. The molecule has 0 unspecified atom stereocenters. The number of carbonyl (C=O) groups is 2. The van der Waals surface area contributed by atoms with Gasteiger partial charge in [-0.2, -0.15) is 0 Å². The number of hydrogen-bond donors (Lipinski definition) is 1. The molecule has 1 amide bonds. The quantitative estimate of drug-likeness (QED) is 0.356. The van der Waals surface area contributed by atoms with E-state index < -0.39 is 0 Å². The minimum absolute atomic E-state index is 0.00253. The summed E-state index contributed by atoms with van der Waals surface area (Å²) in [5.74, 6) is 1.09. The molecule has 1 aromatic carbocycles. The van der Waals surface area contributed by atoms with Crippen LogP contribution in [0.5, 0.6) is 5.75 Å². The zero-order chi connectivity index (χ0) is 18.8. The number of amides is 1. The van der Waals surface area contributed by atoms with E-state index in [1.54, 1.807) is 31.4 Å². The third-order valence-electron chi connectivity index (χ3n) is 3.71. The van der Waals surface area contributed by atoms with Crippen LogP contribution in [0.3, 0.4) is 0 Å². The lowest BCUT2D eigenvalue weighted by atomic mass is 10.1. The average Bonchev–Trinajstić information content (AvgIpc) is 3.10. The maximum absolute atomic E-state index is 12.2. The molecule has 0 aliphatic heterocycles. The van der Waals surface area contributed by atoms with E-state index in [-0.39, 0.29) is 18.1 Å². The summed E-state index contributed by atoms with van der Waals surface area (Å²) in [6.07, 6.45) is 3.56. The van der Waals surface area contributed by atoms with Crippen molar-refractivity contribution >= 4 is 34.8 Å². The van der Waals surface area contributed by atoms with Gasteiger partial charge in [0.25, 0.3) is 0 Å². The zero-order valence-electron chi connectivity index (χ0n) is 15.1. The molecule has 1 N–H and O–H groups in total. The van der Waals surface area contributed by atoms with Gasteiger partial charge in [-0.25, -0.2) is 4.98 Å². The molecule has 26 heavy (non-hydrogen) atoms. The molecule has 0 atom stereocenters. The smallest absolute Gasteiger partial charge is 0.226 e. The summed E-state index contributed by atoms with van der Waals surface area (Å²) < 4.78 is 5.90. The van der Waals surface area contributed by atoms with Crippen LogP contribution in [-0.4, -0.2) is 36.1 Å². The van der Waals surface area contributed by atoms with Crippen LogP contribution in [0.4, 0.5) is 0 Å². The van der Waals surface area contributed by atoms with Crippen LogP contribution in [0.15, 0.2) is 34.0 Å². The molecule has 0 aliphatic carbocycles. The Balaban J connectivity index is 1.76. The summed E-state index contributed by atoms with van der Waals surface area (Å²) in [5.41, 5.74) is 1.41. The van der Waals surface area contributed by atoms with E-state index in [0.717, 1.165) is 41.6 Å². The van der Waals surface area contributed by atoms with E-state index in [2.05, 4.69) is 17.2 Å². The van der Waals surface area contributed by atoms with Crippen molar-refractivity contribution in [3.8, 4) is 5.75 Å². The van der Waals surface area contributed by atoms with Crippen LogP contribution in [-0.2, 0) is 11.2 Å². The number of nitrogens with zero attached hydrogens (tertiary/aromatic N) is 1. The van der Waals surface area contributed by atoms with E-state index in [0.29, 0.717) is 11.3 Å². The first-order valence-corrected chi connectivity index (χ1v) is 10.5. The van der Waals surface area contributed by atoms with E-state index in [1.807, 2.05) is 5.38 Å². The molecule has 0 aliphatic rings. The third-order valence-corrected chi connectivity index (χ3v) is 5.78. The molecular weight excluding hydrogens is 368 g/mol. The number of hydrogen-bond acceptors (Lipinski definition) is 6. The van der Waals surface area contributed by atoms with Gasteiger partial charge in [-0.1, -0.05) is 31.5 Å². The topological polar surface area (TPSA) is 68.3 Å². The lowest BCUT2D eigenvalue weighted by Gasteiger charge is -2.03. The molecule has 0 radical (unpaired) electrons. The Morgan fingerprint density at radius 2 is 2.00 bits per heavy atom. The molecule has 7 heteroatoms. The number of unbranched alkanes of at least 4 members (excludes halogenated alkanes) is 2. The molecule has 2 aromatic rings. The Hall–Kier alpha value is -1.86. The average molecular weight is 393 g/mol. The van der Waals surface area contributed by atoms with Gasteiger partial charge in [0.15, 0.2) is 10.1 Å². The minimum Gasteiger partial charge on any atom is -0.497 e. The Bertz CT molecular complexity index is 714. The van der Waals surface area contributed by atoms with Gasteiger partial charge < -0.3 is 10.1 Å². The highest BCUT2D eigenvalue weighted by Crippen LogP contribution is 2.24. The van der Waals surface area contributed by atoms with Gasteiger partial charge in [0, 0.05) is 17.5 Å². The number of benzene rings is 1. The van der Waals surface area contributed by atoms with Crippen molar-refractivity contribution in [1.82, 2.24) is 10.3 Å². The SMILES string of the molecule is CCCCCNC(=O)Cc1csc(SCC(=O)c2ccc(OC)cc2)n1. The van der Waals surface area contributed by atoms with Gasteiger partial charge >= 0.3 is 0 Å². The number of thiazole rings is 1. The fraction of sp³-hybridized carbons (Fsp3) is 0.421. The van der Waals surface area contributed by atoms with E-state index in [1.165, 1.54) is 23.1 Å². The van der Waals surface area contributed by atoms with Gasteiger partial charge in [-0.3, -0.25) is 9.59 Å². The summed E-state index contributed by atoms with van der Waals surface area (Å²) in [4.78, 5) is 28.5. The molecule has 0 bridgehead atoms. The molecule has 5 nitrogen and oxygen atoms in total. The van der Waals surface area contributed by atoms with Crippen molar-refractivity contribution < 1.29 is 14.3 Å². The minimum atomic E-state index is -0.00253. The second kappa shape index (κ2) is 11.0. The van der Waals surface area contributed by atoms with Crippen LogP contribution in [0, 0.1) is 0 Å². The zero-order valence-corrected chi connectivity index (χ0v) is 16.8. The monoisotopic (exact) mass is 392 g/mol. The summed E-state index contributed by atoms with van der Waals surface area (Å²) in [5, 5.41) is 4.79. The second-order valence-corrected chi connectivity index (χ2v) is 7.86. The van der Waals surface area contributed by atoms with Crippen molar-refractivity contribution in [2.45, 2.75) is 36.9 Å². The highest BCUT2D eigenvalue weighted by Gasteiger charge is 2.11.